The van der Waals surface area contributed by atoms with E-state index in [1.165, 1.54) is 0 Å². The molecule has 1 aliphatic heterocycles. The predicted molar refractivity (Wildman–Crippen MR) is 64.2 cm³/mol. The van der Waals surface area contributed by atoms with E-state index in [0.717, 1.165) is 25.7 Å². The molecule has 0 aromatic heterocycles. The average Bonchev–Trinajstić information content (AvgIpc) is 2.84. The van der Waals surface area contributed by atoms with Gasteiger partial charge < -0.3 is 9.84 Å². The maximum Gasteiger partial charge on any atom is 0.215 e. The smallest absolute Gasteiger partial charge is 0.215 e. The molecule has 100 valence electrons. The van der Waals surface area contributed by atoms with Gasteiger partial charge in [-0.2, -0.15) is 0 Å². The highest BCUT2D eigenvalue weighted by Gasteiger charge is 2.39. The standard InChI is InChI=1S/C11H21NO4S/c13-9-11(5-7-16-8-6-11)12-17(14,15)10-3-1-2-4-10/h10,12-13H,1-9H2. The van der Waals surface area contributed by atoms with Crippen LogP contribution in [-0.2, 0) is 14.8 Å². The van der Waals surface area contributed by atoms with Gasteiger partial charge in [-0.25, -0.2) is 13.1 Å². The number of rotatable bonds is 4. The zero-order chi connectivity index (χ0) is 12.4. The van der Waals surface area contributed by atoms with Gasteiger partial charge in [-0.05, 0) is 25.7 Å². The van der Waals surface area contributed by atoms with Crippen LogP contribution in [0.1, 0.15) is 38.5 Å². The highest BCUT2D eigenvalue weighted by molar-refractivity contribution is 7.90. The molecule has 0 atom stereocenters. The van der Waals surface area contributed by atoms with Crippen molar-refractivity contribution in [3.8, 4) is 0 Å². The van der Waals surface area contributed by atoms with E-state index in [0.29, 0.717) is 26.1 Å². The molecule has 0 aromatic carbocycles. The fourth-order valence-electron chi connectivity index (χ4n) is 2.64. The van der Waals surface area contributed by atoms with Crippen molar-refractivity contribution in [3.05, 3.63) is 0 Å². The average molecular weight is 263 g/mol. The largest absolute Gasteiger partial charge is 0.394 e. The zero-order valence-electron chi connectivity index (χ0n) is 10.0. The van der Waals surface area contributed by atoms with Crippen LogP contribution < -0.4 is 4.72 Å². The summed E-state index contributed by atoms with van der Waals surface area (Å²) in [6.07, 6.45) is 4.56. The van der Waals surface area contributed by atoms with Crippen LogP contribution in [0.4, 0.5) is 0 Å². The van der Waals surface area contributed by atoms with Gasteiger partial charge in [0.1, 0.15) is 0 Å². The van der Waals surface area contributed by atoms with Crippen molar-refractivity contribution in [2.24, 2.45) is 0 Å². The molecule has 1 heterocycles. The molecule has 17 heavy (non-hydrogen) atoms. The molecule has 2 fully saturated rings. The maximum atomic E-state index is 12.2. The summed E-state index contributed by atoms with van der Waals surface area (Å²) in [6.45, 7) is 0.865. The summed E-state index contributed by atoms with van der Waals surface area (Å²) in [5, 5.41) is 9.20. The Bertz CT molecular complexity index is 342. The Labute approximate surface area is 103 Å². The van der Waals surface area contributed by atoms with Crippen LogP contribution in [0.3, 0.4) is 0 Å². The maximum absolute atomic E-state index is 12.2. The van der Waals surface area contributed by atoms with Crippen LogP contribution in [0.15, 0.2) is 0 Å². The highest BCUT2D eigenvalue weighted by atomic mass is 32.2. The van der Waals surface area contributed by atoms with Gasteiger partial charge in [0.25, 0.3) is 0 Å². The van der Waals surface area contributed by atoms with Crippen LogP contribution in [0, 0.1) is 0 Å². The molecule has 1 saturated carbocycles. The zero-order valence-corrected chi connectivity index (χ0v) is 10.8. The van der Waals surface area contributed by atoms with Crippen molar-refractivity contribution in [1.29, 1.82) is 0 Å². The Kier molecular flexibility index (Phi) is 4.07. The van der Waals surface area contributed by atoms with E-state index in [1.54, 1.807) is 0 Å². The van der Waals surface area contributed by atoms with E-state index in [9.17, 15) is 13.5 Å². The lowest BCUT2D eigenvalue weighted by molar-refractivity contribution is 0.0222. The summed E-state index contributed by atoms with van der Waals surface area (Å²) in [7, 11) is -3.30. The monoisotopic (exact) mass is 263 g/mol. The molecule has 6 heteroatoms. The Hall–Kier alpha value is -0.170. The van der Waals surface area contributed by atoms with Crippen LogP contribution in [0.25, 0.3) is 0 Å². The lowest BCUT2D eigenvalue weighted by Gasteiger charge is -2.36. The second-order valence-corrected chi connectivity index (χ2v) is 7.07. The lowest BCUT2D eigenvalue weighted by Crippen LogP contribution is -2.56. The van der Waals surface area contributed by atoms with Crippen LogP contribution in [0.2, 0.25) is 0 Å². The Morgan fingerprint density at radius 2 is 1.82 bits per heavy atom. The molecule has 0 bridgehead atoms. The Morgan fingerprint density at radius 1 is 1.24 bits per heavy atom. The van der Waals surface area contributed by atoms with E-state index in [2.05, 4.69) is 4.72 Å². The first-order valence-electron chi connectivity index (χ1n) is 6.29. The summed E-state index contributed by atoms with van der Waals surface area (Å²) in [6, 6.07) is 0. The first kappa shape index (κ1) is 13.3. The van der Waals surface area contributed by atoms with Crippen molar-refractivity contribution < 1.29 is 18.3 Å². The molecule has 1 aliphatic carbocycles. The van der Waals surface area contributed by atoms with Crippen molar-refractivity contribution in [1.82, 2.24) is 4.72 Å². The van der Waals surface area contributed by atoms with Gasteiger partial charge in [-0.1, -0.05) is 12.8 Å². The molecule has 2 rings (SSSR count). The number of ether oxygens (including phenoxy) is 1. The third kappa shape index (κ3) is 2.99. The number of aliphatic hydroxyl groups is 1. The summed E-state index contributed by atoms with van der Waals surface area (Å²) in [5.41, 5.74) is -0.695. The van der Waals surface area contributed by atoms with E-state index in [1.807, 2.05) is 0 Å². The van der Waals surface area contributed by atoms with Crippen molar-refractivity contribution in [2.45, 2.75) is 49.3 Å². The number of hydrogen-bond acceptors (Lipinski definition) is 4. The van der Waals surface area contributed by atoms with Crippen LogP contribution in [0.5, 0.6) is 0 Å². The summed E-state index contributed by atoms with van der Waals surface area (Å²) in [5.74, 6) is 0. The van der Waals surface area contributed by atoms with Crippen molar-refractivity contribution in [3.63, 3.8) is 0 Å². The topological polar surface area (TPSA) is 75.6 Å². The minimum Gasteiger partial charge on any atom is -0.394 e. The molecular formula is C11H21NO4S. The molecule has 0 spiro atoms. The molecule has 0 unspecified atom stereocenters. The first-order chi connectivity index (χ1) is 8.08. The van der Waals surface area contributed by atoms with E-state index in [-0.39, 0.29) is 11.9 Å². The number of aliphatic hydroxyl groups excluding tert-OH is 1. The molecule has 2 N–H and O–H groups in total. The van der Waals surface area contributed by atoms with Crippen molar-refractivity contribution >= 4 is 10.0 Å². The quantitative estimate of drug-likeness (QED) is 0.769. The molecule has 0 aromatic rings. The minimum absolute atomic E-state index is 0.150. The van der Waals surface area contributed by atoms with E-state index in [4.69, 9.17) is 4.74 Å². The third-order valence-electron chi connectivity index (χ3n) is 3.85. The Morgan fingerprint density at radius 3 is 2.35 bits per heavy atom. The van der Waals surface area contributed by atoms with Crippen LogP contribution in [-0.4, -0.2) is 44.1 Å². The summed E-state index contributed by atoms with van der Waals surface area (Å²) >= 11 is 0. The van der Waals surface area contributed by atoms with Gasteiger partial charge in [0, 0.05) is 13.2 Å². The fourth-order valence-corrected chi connectivity index (χ4v) is 4.63. The SMILES string of the molecule is O=S(=O)(NC1(CO)CCOCC1)C1CCCC1. The van der Waals surface area contributed by atoms with Gasteiger partial charge in [0.2, 0.25) is 10.0 Å². The van der Waals surface area contributed by atoms with Crippen LogP contribution >= 0.6 is 0 Å². The molecule has 0 amide bonds. The molecular weight excluding hydrogens is 242 g/mol. The minimum atomic E-state index is -3.30. The van der Waals surface area contributed by atoms with Gasteiger partial charge in [0.15, 0.2) is 0 Å². The second kappa shape index (κ2) is 5.22. The van der Waals surface area contributed by atoms with Gasteiger partial charge in [-0.15, -0.1) is 0 Å². The third-order valence-corrected chi connectivity index (χ3v) is 5.92. The lowest BCUT2D eigenvalue weighted by atomic mass is 9.93. The van der Waals surface area contributed by atoms with Gasteiger partial charge in [-0.3, -0.25) is 0 Å². The molecule has 0 radical (unpaired) electrons. The molecule has 1 saturated heterocycles. The molecule has 2 aliphatic rings. The first-order valence-corrected chi connectivity index (χ1v) is 7.84. The predicted octanol–water partition coefficient (Wildman–Crippen LogP) is 0.390. The molecule has 5 nitrogen and oxygen atoms in total. The van der Waals surface area contributed by atoms with E-state index >= 15 is 0 Å². The second-order valence-electron chi connectivity index (χ2n) is 5.10. The normalized spacial score (nSPS) is 26.2. The highest BCUT2D eigenvalue weighted by Crippen LogP contribution is 2.28. The number of sulfonamides is 1. The van der Waals surface area contributed by atoms with Gasteiger partial charge in [0.05, 0.1) is 17.4 Å². The Balaban J connectivity index is 2.06. The van der Waals surface area contributed by atoms with Crippen molar-refractivity contribution in [2.75, 3.05) is 19.8 Å². The number of nitrogens with one attached hydrogen (secondary N) is 1. The number of hydrogen-bond donors (Lipinski definition) is 2. The van der Waals surface area contributed by atoms with E-state index < -0.39 is 15.6 Å². The summed E-state index contributed by atoms with van der Waals surface area (Å²) in [4.78, 5) is 0. The van der Waals surface area contributed by atoms with Gasteiger partial charge >= 0.3 is 0 Å². The summed E-state index contributed by atoms with van der Waals surface area (Å²) < 4.78 is 32.4. The fraction of sp³-hybridized carbons (Fsp3) is 1.00.